The van der Waals surface area contributed by atoms with Crippen molar-refractivity contribution in [2.45, 2.75) is 0 Å². The summed E-state index contributed by atoms with van der Waals surface area (Å²) in [6.07, 6.45) is 0. The second-order valence-corrected chi connectivity index (χ2v) is 2.53. The Morgan fingerprint density at radius 3 is 2.64 bits per heavy atom. The summed E-state index contributed by atoms with van der Waals surface area (Å²) in [6, 6.07) is 7.71. The molecule has 3 nitrogen and oxygen atoms in total. The second kappa shape index (κ2) is 4.53. The normalized spacial score (nSPS) is 9.36. The average Bonchev–Trinajstić information content (AvgIpc) is 2.20. The summed E-state index contributed by atoms with van der Waals surface area (Å²) in [6.45, 7) is 0. The van der Waals surface area contributed by atoms with Crippen molar-refractivity contribution in [2.75, 3.05) is 7.05 Å². The fourth-order valence-corrected chi connectivity index (χ4v) is 1.16. The first-order valence-electron chi connectivity index (χ1n) is 4.13. The Morgan fingerprint density at radius 1 is 1.29 bits per heavy atom. The van der Waals surface area contributed by atoms with Crippen LogP contribution >= 0.6 is 0 Å². The van der Waals surface area contributed by atoms with E-state index >= 15 is 0 Å². The quantitative estimate of drug-likeness (QED) is 0.663. The van der Waals surface area contributed by atoms with E-state index < -0.39 is 11.4 Å². The molecule has 0 aliphatic heterocycles. The molecular formula is C10H11FN2O. The SMILES string of the molecule is CN.O=c1cc(F)c2ccccc2[nH]1. The number of halogens is 1. The fraction of sp³-hybridized carbons (Fsp3) is 0.100. The molecule has 1 aromatic heterocycles. The van der Waals surface area contributed by atoms with Gasteiger partial charge in [-0.25, -0.2) is 4.39 Å². The van der Waals surface area contributed by atoms with Gasteiger partial charge in [-0.1, -0.05) is 12.1 Å². The maximum absolute atomic E-state index is 13.0. The van der Waals surface area contributed by atoms with E-state index in [1.165, 1.54) is 7.05 Å². The lowest BCUT2D eigenvalue weighted by molar-refractivity contribution is 0.637. The van der Waals surface area contributed by atoms with Crippen molar-refractivity contribution in [1.82, 2.24) is 4.98 Å². The summed E-state index contributed by atoms with van der Waals surface area (Å²) in [4.78, 5) is 13.3. The highest BCUT2D eigenvalue weighted by Crippen LogP contribution is 2.11. The number of pyridine rings is 1. The lowest BCUT2D eigenvalue weighted by Crippen LogP contribution is -2.04. The van der Waals surface area contributed by atoms with Crippen LogP contribution in [0.5, 0.6) is 0 Å². The van der Waals surface area contributed by atoms with Gasteiger partial charge < -0.3 is 10.7 Å². The first kappa shape index (κ1) is 10.4. The predicted octanol–water partition coefficient (Wildman–Crippen LogP) is 1.24. The third-order valence-corrected chi connectivity index (χ3v) is 1.70. The highest BCUT2D eigenvalue weighted by molar-refractivity contribution is 5.78. The second-order valence-electron chi connectivity index (χ2n) is 2.53. The van der Waals surface area contributed by atoms with Gasteiger partial charge in [-0.2, -0.15) is 0 Å². The third kappa shape index (κ3) is 1.97. The Hall–Kier alpha value is -1.68. The molecular weight excluding hydrogens is 183 g/mol. The number of benzene rings is 1. The Labute approximate surface area is 80.4 Å². The zero-order valence-corrected chi connectivity index (χ0v) is 7.75. The molecule has 0 radical (unpaired) electrons. The van der Waals surface area contributed by atoms with Crippen molar-refractivity contribution < 1.29 is 4.39 Å². The molecule has 0 aliphatic rings. The molecule has 1 aromatic carbocycles. The van der Waals surface area contributed by atoms with Crippen LogP contribution in [0.3, 0.4) is 0 Å². The summed E-state index contributed by atoms with van der Waals surface area (Å²) in [7, 11) is 1.50. The summed E-state index contributed by atoms with van der Waals surface area (Å²) >= 11 is 0. The number of nitrogens with one attached hydrogen (secondary N) is 1. The van der Waals surface area contributed by atoms with Crippen molar-refractivity contribution in [1.29, 1.82) is 0 Å². The summed E-state index contributed by atoms with van der Waals surface area (Å²) in [5.41, 5.74) is 4.62. The molecule has 2 rings (SSSR count). The molecule has 0 unspecified atom stereocenters. The lowest BCUT2D eigenvalue weighted by Gasteiger charge is -1.96. The Balaban J connectivity index is 0.000000461. The minimum Gasteiger partial charge on any atom is -0.333 e. The van der Waals surface area contributed by atoms with Gasteiger partial charge in [0.25, 0.3) is 5.56 Å². The van der Waals surface area contributed by atoms with Gasteiger partial charge >= 0.3 is 0 Å². The number of fused-ring (bicyclic) bond motifs is 1. The van der Waals surface area contributed by atoms with Gasteiger partial charge in [0.2, 0.25) is 0 Å². The average molecular weight is 194 g/mol. The number of aromatic nitrogens is 1. The first-order valence-corrected chi connectivity index (χ1v) is 4.13. The maximum atomic E-state index is 13.0. The molecule has 0 amide bonds. The molecule has 3 N–H and O–H groups in total. The van der Waals surface area contributed by atoms with Crippen molar-refractivity contribution in [2.24, 2.45) is 5.73 Å². The number of para-hydroxylation sites is 1. The van der Waals surface area contributed by atoms with E-state index in [-0.39, 0.29) is 0 Å². The lowest BCUT2D eigenvalue weighted by atomic mass is 10.2. The Bertz CT molecular complexity index is 479. The van der Waals surface area contributed by atoms with Crippen molar-refractivity contribution in [3.8, 4) is 0 Å². The standard InChI is InChI=1S/C9H6FNO.CH5N/c10-7-5-9(12)11-8-4-2-1-3-6(7)8;1-2/h1-5H,(H,11,12);2H2,1H3. The van der Waals surface area contributed by atoms with Gasteiger partial charge in [-0.15, -0.1) is 0 Å². The smallest absolute Gasteiger partial charge is 0.251 e. The summed E-state index contributed by atoms with van der Waals surface area (Å²) in [5, 5.41) is 0.442. The van der Waals surface area contributed by atoms with Crippen LogP contribution in [0.1, 0.15) is 0 Å². The van der Waals surface area contributed by atoms with Gasteiger partial charge in [0, 0.05) is 11.5 Å². The number of nitrogens with two attached hydrogens (primary N) is 1. The molecule has 0 saturated carbocycles. The van der Waals surface area contributed by atoms with Crippen LogP contribution in [0, 0.1) is 5.82 Å². The topological polar surface area (TPSA) is 58.9 Å². The molecule has 2 aromatic rings. The molecule has 0 saturated heterocycles. The summed E-state index contributed by atoms with van der Waals surface area (Å²) in [5.74, 6) is -0.477. The molecule has 0 fully saturated rings. The largest absolute Gasteiger partial charge is 0.333 e. The maximum Gasteiger partial charge on any atom is 0.251 e. The number of rotatable bonds is 0. The molecule has 4 heteroatoms. The van der Waals surface area contributed by atoms with Gasteiger partial charge in [0.15, 0.2) is 0 Å². The number of hydrogen-bond acceptors (Lipinski definition) is 2. The minimum absolute atomic E-state index is 0.411. The van der Waals surface area contributed by atoms with Gasteiger partial charge in [0.1, 0.15) is 5.82 Å². The molecule has 0 atom stereocenters. The van der Waals surface area contributed by atoms with E-state index in [4.69, 9.17) is 0 Å². The monoisotopic (exact) mass is 194 g/mol. The van der Waals surface area contributed by atoms with Crippen LogP contribution in [-0.4, -0.2) is 12.0 Å². The van der Waals surface area contributed by atoms with E-state index in [0.29, 0.717) is 10.9 Å². The van der Waals surface area contributed by atoms with Crippen LogP contribution in [0.15, 0.2) is 35.1 Å². The van der Waals surface area contributed by atoms with Crippen LogP contribution < -0.4 is 11.3 Å². The van der Waals surface area contributed by atoms with E-state index in [9.17, 15) is 9.18 Å². The van der Waals surface area contributed by atoms with Crippen molar-refractivity contribution in [3.05, 3.63) is 46.5 Å². The van der Waals surface area contributed by atoms with Gasteiger partial charge in [-0.05, 0) is 19.2 Å². The van der Waals surface area contributed by atoms with E-state index in [1.807, 2.05) is 0 Å². The highest BCUT2D eigenvalue weighted by Gasteiger charge is 1.99. The van der Waals surface area contributed by atoms with E-state index in [1.54, 1.807) is 24.3 Å². The Kier molecular flexibility index (Phi) is 3.36. The molecule has 14 heavy (non-hydrogen) atoms. The molecule has 1 heterocycles. The number of aromatic amines is 1. The molecule has 0 spiro atoms. The van der Waals surface area contributed by atoms with Gasteiger partial charge in [0.05, 0.1) is 5.52 Å². The van der Waals surface area contributed by atoms with Crippen molar-refractivity contribution >= 4 is 10.9 Å². The minimum atomic E-state index is -0.477. The fourth-order valence-electron chi connectivity index (χ4n) is 1.16. The first-order chi connectivity index (χ1) is 6.77. The summed E-state index contributed by atoms with van der Waals surface area (Å²) < 4.78 is 13.0. The zero-order valence-electron chi connectivity index (χ0n) is 7.75. The van der Waals surface area contributed by atoms with E-state index in [0.717, 1.165) is 6.07 Å². The molecule has 0 bridgehead atoms. The molecule has 74 valence electrons. The van der Waals surface area contributed by atoms with Gasteiger partial charge in [-0.3, -0.25) is 4.79 Å². The molecule has 0 aliphatic carbocycles. The van der Waals surface area contributed by atoms with Crippen LogP contribution in [0.4, 0.5) is 4.39 Å². The van der Waals surface area contributed by atoms with Crippen LogP contribution in [-0.2, 0) is 0 Å². The third-order valence-electron chi connectivity index (χ3n) is 1.70. The Morgan fingerprint density at radius 2 is 1.93 bits per heavy atom. The van der Waals surface area contributed by atoms with E-state index in [2.05, 4.69) is 10.7 Å². The van der Waals surface area contributed by atoms with Crippen molar-refractivity contribution in [3.63, 3.8) is 0 Å². The zero-order chi connectivity index (χ0) is 10.6. The predicted molar refractivity (Wildman–Crippen MR) is 54.6 cm³/mol. The number of hydrogen-bond donors (Lipinski definition) is 2. The number of H-pyrrole nitrogens is 1. The van der Waals surface area contributed by atoms with Crippen LogP contribution in [0.2, 0.25) is 0 Å². The van der Waals surface area contributed by atoms with Crippen LogP contribution in [0.25, 0.3) is 10.9 Å². The highest BCUT2D eigenvalue weighted by atomic mass is 19.1.